The van der Waals surface area contributed by atoms with Gasteiger partial charge in [0.2, 0.25) is 0 Å². The highest BCUT2D eigenvalue weighted by molar-refractivity contribution is 5.94. The number of aliphatic hydroxyl groups excluding tert-OH is 1. The van der Waals surface area contributed by atoms with Gasteiger partial charge in [0.1, 0.15) is 18.5 Å². The van der Waals surface area contributed by atoms with Crippen LogP contribution in [0.4, 0.5) is 8.78 Å². The molecular formula is C18H16F2N2O3. The normalized spacial score (nSPS) is 12.3. The third-order valence-electron chi connectivity index (χ3n) is 3.77. The molecule has 0 bridgehead atoms. The van der Waals surface area contributed by atoms with Crippen molar-refractivity contribution in [1.29, 1.82) is 0 Å². The number of rotatable bonds is 6. The van der Waals surface area contributed by atoms with Gasteiger partial charge < -0.3 is 14.4 Å². The zero-order valence-electron chi connectivity index (χ0n) is 13.4. The van der Waals surface area contributed by atoms with Crippen molar-refractivity contribution in [2.45, 2.75) is 19.6 Å². The van der Waals surface area contributed by atoms with Gasteiger partial charge in [0.15, 0.2) is 17.4 Å². The highest BCUT2D eigenvalue weighted by Crippen LogP contribution is 2.18. The quantitative estimate of drug-likeness (QED) is 0.697. The fourth-order valence-corrected chi connectivity index (χ4v) is 2.46. The van der Waals surface area contributed by atoms with Gasteiger partial charge in [-0.2, -0.15) is 0 Å². The first-order chi connectivity index (χ1) is 11.9. The van der Waals surface area contributed by atoms with Gasteiger partial charge in [-0.25, -0.2) is 13.8 Å². The van der Waals surface area contributed by atoms with Crippen LogP contribution in [0, 0.1) is 11.6 Å². The lowest BCUT2D eigenvalue weighted by Crippen LogP contribution is -2.23. The van der Waals surface area contributed by atoms with E-state index in [2.05, 4.69) is 4.98 Å². The molecule has 1 heterocycles. The topological polar surface area (TPSA) is 64.3 Å². The number of fused-ring (bicyclic) bond motifs is 1. The number of nitrogens with zero attached hydrogens (tertiary/aromatic N) is 2. The van der Waals surface area contributed by atoms with Gasteiger partial charge in [-0.15, -0.1) is 0 Å². The van der Waals surface area contributed by atoms with E-state index in [0.29, 0.717) is 22.3 Å². The maximum atomic E-state index is 13.4. The second-order valence-electron chi connectivity index (χ2n) is 5.70. The van der Waals surface area contributed by atoms with E-state index in [0.717, 1.165) is 12.1 Å². The van der Waals surface area contributed by atoms with E-state index < -0.39 is 17.7 Å². The molecule has 1 aromatic heterocycles. The molecule has 130 valence electrons. The Morgan fingerprint density at radius 2 is 1.92 bits per heavy atom. The van der Waals surface area contributed by atoms with Crippen LogP contribution in [0.3, 0.4) is 0 Å². The number of Topliss-reactive ketones (excluding diaryl/α,β-unsaturated/α-hetero) is 1. The summed E-state index contributed by atoms with van der Waals surface area (Å²) in [7, 11) is 0. The lowest BCUT2D eigenvalue weighted by Gasteiger charge is -2.14. The van der Waals surface area contributed by atoms with E-state index in [1.54, 1.807) is 24.3 Å². The molecule has 3 aromatic rings. The summed E-state index contributed by atoms with van der Waals surface area (Å²) >= 11 is 0. The lowest BCUT2D eigenvalue weighted by atomic mass is 10.1. The number of benzene rings is 2. The van der Waals surface area contributed by atoms with Crippen LogP contribution < -0.4 is 4.74 Å². The van der Waals surface area contributed by atoms with Crippen molar-refractivity contribution < 1.29 is 23.4 Å². The number of ether oxygens (including phenoxy) is 1. The minimum atomic E-state index is -0.967. The van der Waals surface area contributed by atoms with Gasteiger partial charge in [0.25, 0.3) is 0 Å². The SMILES string of the molecule is CC(=O)c1ccc(OCC(O)Cn2cnc3cc(F)c(F)cc32)cc1. The maximum Gasteiger partial charge on any atom is 0.161 e. The number of aromatic nitrogens is 2. The number of halogens is 2. The number of ketones is 1. The number of carbonyl (C=O) groups is 1. The Hall–Kier alpha value is -2.80. The molecule has 0 amide bonds. The third kappa shape index (κ3) is 3.83. The number of carbonyl (C=O) groups excluding carboxylic acids is 1. The Morgan fingerprint density at radius 1 is 1.24 bits per heavy atom. The summed E-state index contributed by atoms with van der Waals surface area (Å²) in [4.78, 5) is 15.2. The average Bonchev–Trinajstić information content (AvgIpc) is 2.95. The fourth-order valence-electron chi connectivity index (χ4n) is 2.46. The zero-order valence-corrected chi connectivity index (χ0v) is 13.4. The molecule has 0 saturated carbocycles. The second kappa shape index (κ2) is 6.98. The monoisotopic (exact) mass is 346 g/mol. The zero-order chi connectivity index (χ0) is 18.0. The predicted molar refractivity (Wildman–Crippen MR) is 87.6 cm³/mol. The Labute approximate surface area is 142 Å². The maximum absolute atomic E-state index is 13.4. The molecule has 3 rings (SSSR count). The molecule has 25 heavy (non-hydrogen) atoms. The number of imidazole rings is 1. The molecule has 7 heteroatoms. The van der Waals surface area contributed by atoms with E-state index >= 15 is 0 Å². The summed E-state index contributed by atoms with van der Waals surface area (Å²) in [6.45, 7) is 1.60. The third-order valence-corrected chi connectivity index (χ3v) is 3.77. The first kappa shape index (κ1) is 17.0. The Balaban J connectivity index is 1.63. The highest BCUT2D eigenvalue weighted by atomic mass is 19.2. The minimum Gasteiger partial charge on any atom is -0.491 e. The van der Waals surface area contributed by atoms with Crippen LogP contribution >= 0.6 is 0 Å². The molecule has 1 atom stereocenters. The first-order valence-electron chi connectivity index (χ1n) is 7.66. The molecular weight excluding hydrogens is 330 g/mol. The van der Waals surface area contributed by atoms with E-state index in [4.69, 9.17) is 4.74 Å². The lowest BCUT2D eigenvalue weighted by molar-refractivity contribution is 0.0933. The first-order valence-corrected chi connectivity index (χ1v) is 7.66. The average molecular weight is 346 g/mol. The molecule has 0 aliphatic carbocycles. The Morgan fingerprint density at radius 3 is 2.60 bits per heavy atom. The van der Waals surface area contributed by atoms with Crippen LogP contribution in [0.15, 0.2) is 42.7 Å². The van der Waals surface area contributed by atoms with Crippen molar-refractivity contribution in [3.05, 3.63) is 59.9 Å². The highest BCUT2D eigenvalue weighted by Gasteiger charge is 2.13. The number of hydrogen-bond acceptors (Lipinski definition) is 4. The molecule has 1 unspecified atom stereocenters. The van der Waals surface area contributed by atoms with Gasteiger partial charge in [-0.1, -0.05) is 0 Å². The molecule has 0 spiro atoms. The predicted octanol–water partition coefficient (Wildman–Crippen LogP) is 2.96. The van der Waals surface area contributed by atoms with Crippen molar-refractivity contribution >= 4 is 16.8 Å². The smallest absolute Gasteiger partial charge is 0.161 e. The van der Waals surface area contributed by atoms with Gasteiger partial charge in [-0.3, -0.25) is 4.79 Å². The summed E-state index contributed by atoms with van der Waals surface area (Å²) in [5.74, 6) is -1.45. The van der Waals surface area contributed by atoms with Crippen LogP contribution in [-0.2, 0) is 6.54 Å². The molecule has 0 saturated heterocycles. The molecule has 5 nitrogen and oxygen atoms in total. The minimum absolute atomic E-state index is 0.00275. The van der Waals surface area contributed by atoms with Gasteiger partial charge in [-0.05, 0) is 31.2 Å². The van der Waals surface area contributed by atoms with Crippen LogP contribution in [0.5, 0.6) is 5.75 Å². The van der Waals surface area contributed by atoms with E-state index in [1.165, 1.54) is 17.8 Å². The van der Waals surface area contributed by atoms with Crippen LogP contribution in [0.2, 0.25) is 0 Å². The molecule has 0 aliphatic heterocycles. The fraction of sp³-hybridized carbons (Fsp3) is 0.222. The molecule has 1 N–H and O–H groups in total. The van der Waals surface area contributed by atoms with Crippen molar-refractivity contribution in [1.82, 2.24) is 9.55 Å². The summed E-state index contributed by atoms with van der Waals surface area (Å²) in [5.41, 5.74) is 1.28. The standard InChI is InChI=1S/C18H16F2N2O3/c1-11(23)12-2-4-14(5-3-12)25-9-13(24)8-22-10-21-17-6-15(19)16(20)7-18(17)22/h2-7,10,13,24H,8-9H2,1H3. The van der Waals surface area contributed by atoms with Gasteiger partial charge in [0, 0.05) is 17.7 Å². The Bertz CT molecular complexity index is 907. The summed E-state index contributed by atoms with van der Waals surface area (Å²) < 4.78 is 33.6. The number of aliphatic hydroxyl groups is 1. The summed E-state index contributed by atoms with van der Waals surface area (Å²) in [5, 5.41) is 10.1. The van der Waals surface area contributed by atoms with Crippen LogP contribution in [-0.4, -0.2) is 33.2 Å². The molecule has 0 fully saturated rings. The molecule has 0 aliphatic rings. The molecule has 0 radical (unpaired) electrons. The van der Waals surface area contributed by atoms with Crippen molar-refractivity contribution in [3.63, 3.8) is 0 Å². The van der Waals surface area contributed by atoms with E-state index in [9.17, 15) is 18.7 Å². The van der Waals surface area contributed by atoms with Gasteiger partial charge >= 0.3 is 0 Å². The summed E-state index contributed by atoms with van der Waals surface area (Å²) in [6, 6.07) is 8.64. The van der Waals surface area contributed by atoms with Crippen LogP contribution in [0.25, 0.3) is 11.0 Å². The Kier molecular flexibility index (Phi) is 4.76. The van der Waals surface area contributed by atoms with E-state index in [1.807, 2.05) is 0 Å². The summed E-state index contributed by atoms with van der Waals surface area (Å²) in [6.07, 6.45) is 0.534. The van der Waals surface area contributed by atoms with Crippen LogP contribution in [0.1, 0.15) is 17.3 Å². The van der Waals surface area contributed by atoms with Crippen molar-refractivity contribution in [2.24, 2.45) is 0 Å². The van der Waals surface area contributed by atoms with Crippen molar-refractivity contribution in [2.75, 3.05) is 6.61 Å². The van der Waals surface area contributed by atoms with Crippen molar-refractivity contribution in [3.8, 4) is 5.75 Å². The number of hydrogen-bond donors (Lipinski definition) is 1. The van der Waals surface area contributed by atoms with E-state index in [-0.39, 0.29) is 18.9 Å². The van der Waals surface area contributed by atoms with Gasteiger partial charge in [0.05, 0.1) is 23.9 Å². The second-order valence-corrected chi connectivity index (χ2v) is 5.70. The largest absolute Gasteiger partial charge is 0.491 e. The molecule has 2 aromatic carbocycles.